The van der Waals surface area contributed by atoms with E-state index < -0.39 is 0 Å². The van der Waals surface area contributed by atoms with Crippen LogP contribution in [0, 0.1) is 0 Å². The molecule has 0 aliphatic heterocycles. The van der Waals surface area contributed by atoms with E-state index in [0.717, 1.165) is 64.3 Å². The van der Waals surface area contributed by atoms with Gasteiger partial charge < -0.3 is 14.4 Å². The van der Waals surface area contributed by atoms with Gasteiger partial charge in [0.2, 0.25) is 0 Å². The first-order valence-corrected chi connectivity index (χ1v) is 23.6. The third-order valence-electron chi connectivity index (χ3n) is 11.0. The minimum Gasteiger partial charge on any atom is -0.462 e. The normalized spacial score (nSPS) is 12.2. The van der Waals surface area contributed by atoms with Gasteiger partial charge in [0.1, 0.15) is 12.2 Å². The fourth-order valence-electron chi connectivity index (χ4n) is 7.49. The van der Waals surface area contributed by atoms with E-state index >= 15 is 0 Å². The topological polar surface area (TPSA) is 55.8 Å². The van der Waals surface area contributed by atoms with E-state index in [0.29, 0.717) is 12.8 Å². The van der Waals surface area contributed by atoms with E-state index in [9.17, 15) is 9.59 Å². The summed E-state index contributed by atoms with van der Waals surface area (Å²) in [6, 6.07) is 0. The number of nitrogens with zero attached hydrogens (tertiary/aromatic N) is 1. The van der Waals surface area contributed by atoms with Crippen LogP contribution in [0.1, 0.15) is 259 Å². The first-order valence-electron chi connectivity index (χ1n) is 23.6. The molecular formula is C47H93NO4. The molecule has 0 saturated carbocycles. The Balaban J connectivity index is 3.99. The van der Waals surface area contributed by atoms with Crippen molar-refractivity contribution >= 4 is 11.9 Å². The summed E-state index contributed by atoms with van der Waals surface area (Å²) < 4.78 is 11.9. The Hall–Kier alpha value is -1.10. The lowest BCUT2D eigenvalue weighted by atomic mass is 10.0. The molecule has 0 N–H and O–H groups in total. The van der Waals surface area contributed by atoms with E-state index in [-0.39, 0.29) is 24.1 Å². The summed E-state index contributed by atoms with van der Waals surface area (Å²) in [6.45, 7) is 14.7. The number of carbonyl (C=O) groups excluding carboxylic acids is 2. The third-order valence-corrected chi connectivity index (χ3v) is 11.0. The first kappa shape index (κ1) is 50.9. The highest BCUT2D eigenvalue weighted by Crippen LogP contribution is 2.19. The fourth-order valence-corrected chi connectivity index (χ4v) is 7.49. The highest BCUT2D eigenvalue weighted by molar-refractivity contribution is 5.69. The van der Waals surface area contributed by atoms with Crippen molar-refractivity contribution in [3.63, 3.8) is 0 Å². The lowest BCUT2D eigenvalue weighted by Crippen LogP contribution is -2.25. The number of hydrogen-bond donors (Lipinski definition) is 0. The number of esters is 2. The predicted octanol–water partition coefficient (Wildman–Crippen LogP) is 14.9. The summed E-state index contributed by atoms with van der Waals surface area (Å²) >= 11 is 0. The molecule has 0 rings (SSSR count). The Kier molecular flexibility index (Phi) is 40.2. The molecule has 5 heteroatoms. The number of unbranched alkanes of at least 4 members (excludes halogenated alkanes) is 23. The molecule has 0 aliphatic carbocycles. The highest BCUT2D eigenvalue weighted by Gasteiger charge is 2.15. The average Bonchev–Trinajstić information content (AvgIpc) is 3.13. The summed E-state index contributed by atoms with van der Waals surface area (Å²) in [6.07, 6.45) is 41.5. The molecule has 0 amide bonds. The van der Waals surface area contributed by atoms with Gasteiger partial charge in [-0.3, -0.25) is 9.59 Å². The number of hydrogen-bond acceptors (Lipinski definition) is 5. The van der Waals surface area contributed by atoms with Crippen LogP contribution in [-0.4, -0.2) is 48.7 Å². The van der Waals surface area contributed by atoms with Crippen LogP contribution in [0.4, 0.5) is 0 Å². The van der Waals surface area contributed by atoms with E-state index in [1.165, 1.54) is 167 Å². The third kappa shape index (κ3) is 35.9. The Morgan fingerprint density at radius 1 is 0.365 bits per heavy atom. The number of ether oxygens (including phenoxy) is 2. The molecule has 1 atom stereocenters. The zero-order valence-corrected chi connectivity index (χ0v) is 36.1. The van der Waals surface area contributed by atoms with Crippen LogP contribution in [0.15, 0.2) is 0 Å². The van der Waals surface area contributed by atoms with Gasteiger partial charge in [-0.05, 0) is 90.3 Å². The van der Waals surface area contributed by atoms with Crippen molar-refractivity contribution in [1.82, 2.24) is 4.90 Å². The van der Waals surface area contributed by atoms with Crippen molar-refractivity contribution < 1.29 is 19.1 Å². The summed E-state index contributed by atoms with van der Waals surface area (Å²) in [5.74, 6) is 0.0613. The fraction of sp³-hybridized carbons (Fsp3) is 0.957. The Morgan fingerprint density at radius 2 is 0.673 bits per heavy atom. The summed E-state index contributed by atoms with van der Waals surface area (Å²) in [5.41, 5.74) is 0. The summed E-state index contributed by atoms with van der Waals surface area (Å²) in [7, 11) is 0. The minimum absolute atomic E-state index is 0.0211. The van der Waals surface area contributed by atoms with E-state index in [1.807, 2.05) is 0 Å². The molecule has 310 valence electrons. The van der Waals surface area contributed by atoms with Crippen LogP contribution < -0.4 is 0 Å². The molecule has 0 fully saturated rings. The van der Waals surface area contributed by atoms with Crippen molar-refractivity contribution in [3.05, 3.63) is 0 Å². The maximum atomic E-state index is 12.7. The van der Waals surface area contributed by atoms with Crippen molar-refractivity contribution in [3.8, 4) is 0 Å². The van der Waals surface area contributed by atoms with Crippen molar-refractivity contribution in [2.75, 3.05) is 19.6 Å². The molecule has 52 heavy (non-hydrogen) atoms. The Labute approximate surface area is 326 Å². The summed E-state index contributed by atoms with van der Waals surface area (Å²) in [4.78, 5) is 27.8. The molecule has 0 saturated heterocycles. The molecule has 0 aromatic heterocycles. The van der Waals surface area contributed by atoms with E-state index in [4.69, 9.17) is 9.47 Å². The van der Waals surface area contributed by atoms with Gasteiger partial charge in [0.05, 0.1) is 0 Å². The Bertz CT molecular complexity index is 727. The molecule has 5 nitrogen and oxygen atoms in total. The zero-order valence-electron chi connectivity index (χ0n) is 36.1. The van der Waals surface area contributed by atoms with Gasteiger partial charge in [-0.1, -0.05) is 176 Å². The van der Waals surface area contributed by atoms with Gasteiger partial charge in [-0.15, -0.1) is 0 Å². The molecule has 0 aromatic rings. The predicted molar refractivity (Wildman–Crippen MR) is 226 cm³/mol. The van der Waals surface area contributed by atoms with Crippen molar-refractivity contribution in [2.45, 2.75) is 272 Å². The molecule has 0 aliphatic rings. The highest BCUT2D eigenvalue weighted by atomic mass is 16.5. The van der Waals surface area contributed by atoms with Gasteiger partial charge in [0, 0.05) is 12.8 Å². The second-order valence-corrected chi connectivity index (χ2v) is 16.2. The van der Waals surface area contributed by atoms with Crippen LogP contribution in [0.25, 0.3) is 0 Å². The van der Waals surface area contributed by atoms with Crippen molar-refractivity contribution in [1.29, 1.82) is 0 Å². The zero-order chi connectivity index (χ0) is 38.2. The molecule has 0 radical (unpaired) electrons. The lowest BCUT2D eigenvalue weighted by molar-refractivity contribution is -0.151. The van der Waals surface area contributed by atoms with Crippen LogP contribution in [0.3, 0.4) is 0 Å². The molecule has 0 heterocycles. The van der Waals surface area contributed by atoms with Gasteiger partial charge in [-0.25, -0.2) is 0 Å². The average molecular weight is 736 g/mol. The van der Waals surface area contributed by atoms with Crippen LogP contribution in [-0.2, 0) is 19.1 Å². The molecule has 0 bridgehead atoms. The monoisotopic (exact) mass is 736 g/mol. The molecule has 1 unspecified atom stereocenters. The molecule has 0 aromatic carbocycles. The quantitative estimate of drug-likeness (QED) is 0.0461. The van der Waals surface area contributed by atoms with E-state index in [1.54, 1.807) is 0 Å². The number of carbonyl (C=O) groups is 2. The largest absolute Gasteiger partial charge is 0.462 e. The van der Waals surface area contributed by atoms with Crippen molar-refractivity contribution in [2.24, 2.45) is 0 Å². The van der Waals surface area contributed by atoms with E-state index in [2.05, 4.69) is 39.5 Å². The van der Waals surface area contributed by atoms with Gasteiger partial charge >= 0.3 is 11.9 Å². The van der Waals surface area contributed by atoms with Crippen LogP contribution in [0.5, 0.6) is 0 Å². The summed E-state index contributed by atoms with van der Waals surface area (Å²) in [5, 5.41) is 0. The molecule has 0 spiro atoms. The molecular weight excluding hydrogens is 643 g/mol. The Morgan fingerprint density at radius 3 is 1.02 bits per heavy atom. The SMILES string of the molecule is CCCCCCCCC(CCC)OC(=O)CCCCCCCN(CC)CCCCCCCC(=O)OC(CCCCCCCC)CCCCCCCC. The maximum absolute atomic E-state index is 12.7. The van der Waals surface area contributed by atoms with Gasteiger partial charge in [-0.2, -0.15) is 0 Å². The van der Waals surface area contributed by atoms with Gasteiger partial charge in [0.15, 0.2) is 0 Å². The standard InChI is InChI=1S/C47H93NO4/c1-6-11-14-17-22-29-37-44(36-9-4)51-46(49)40-32-25-20-27-34-42-48(10-5)43-35-28-21-26-33-41-47(50)52-45(38-30-23-18-15-12-7-2)39-31-24-19-16-13-8-3/h44-45H,6-43H2,1-5H3. The maximum Gasteiger partial charge on any atom is 0.306 e. The van der Waals surface area contributed by atoms with Crippen LogP contribution in [0.2, 0.25) is 0 Å². The lowest BCUT2D eigenvalue weighted by Gasteiger charge is -2.20. The number of rotatable bonds is 42. The second kappa shape index (κ2) is 41.1. The first-order chi connectivity index (χ1) is 25.5. The van der Waals surface area contributed by atoms with Gasteiger partial charge in [0.25, 0.3) is 0 Å². The smallest absolute Gasteiger partial charge is 0.306 e. The minimum atomic E-state index is 0.0211. The second-order valence-electron chi connectivity index (χ2n) is 16.2. The van der Waals surface area contributed by atoms with Crippen LogP contribution >= 0.6 is 0 Å².